The van der Waals surface area contributed by atoms with Gasteiger partial charge in [-0.25, -0.2) is 4.98 Å². The highest BCUT2D eigenvalue weighted by atomic mass is 79.9. The summed E-state index contributed by atoms with van der Waals surface area (Å²) in [4.78, 5) is 26.6. The van der Waals surface area contributed by atoms with Gasteiger partial charge in [0.05, 0.1) is 0 Å². The fraction of sp³-hybridized carbons (Fsp3) is 0.545. The Morgan fingerprint density at radius 1 is 1.56 bits per heavy atom. The van der Waals surface area contributed by atoms with E-state index >= 15 is 0 Å². The smallest absolute Gasteiger partial charge is 0.321 e. The van der Waals surface area contributed by atoms with E-state index in [1.807, 2.05) is 0 Å². The van der Waals surface area contributed by atoms with Crippen LogP contribution in [0.1, 0.15) is 29.8 Å². The van der Waals surface area contributed by atoms with Gasteiger partial charge in [-0.05, 0) is 30.3 Å². The summed E-state index contributed by atoms with van der Waals surface area (Å²) in [7, 11) is 0. The molecule has 1 aromatic heterocycles. The number of aromatic amines is 1. The van der Waals surface area contributed by atoms with Crippen molar-refractivity contribution < 1.29 is 9.72 Å². The van der Waals surface area contributed by atoms with Crippen molar-refractivity contribution in [3.63, 3.8) is 0 Å². The molecule has 0 saturated heterocycles. The maximum atomic E-state index is 12.3. The van der Waals surface area contributed by atoms with Gasteiger partial charge in [0.25, 0.3) is 5.91 Å². The van der Waals surface area contributed by atoms with Crippen LogP contribution in [0.3, 0.4) is 0 Å². The first kappa shape index (κ1) is 13.1. The number of hydrogen-bond donors (Lipinski definition) is 1. The first-order chi connectivity index (χ1) is 8.63. The zero-order valence-corrected chi connectivity index (χ0v) is 11.4. The Bertz CT molecular complexity index is 456. The molecule has 2 rings (SSSR count). The molecule has 0 atom stereocenters. The number of H-pyrrole nitrogens is 1. The van der Waals surface area contributed by atoms with Gasteiger partial charge in [-0.3, -0.25) is 4.79 Å². The third-order valence-corrected chi connectivity index (χ3v) is 3.55. The second-order valence-corrected chi connectivity index (χ2v) is 5.08. The monoisotopic (exact) mass is 315 g/mol. The number of nitrogens with one attached hydrogen (secondary N) is 1. The average Bonchev–Trinajstić information content (AvgIpc) is 2.74. The third-order valence-electron chi connectivity index (χ3n) is 3.20. The fourth-order valence-corrected chi connectivity index (χ4v) is 2.39. The SMILES string of the molecule is O=C(c1ccc([N+](=O)[O-])[nH]1)N(CCBr)C1CCC1. The second-order valence-electron chi connectivity index (χ2n) is 4.29. The Morgan fingerprint density at radius 3 is 2.72 bits per heavy atom. The molecule has 7 heteroatoms. The Balaban J connectivity index is 2.13. The van der Waals surface area contributed by atoms with Crippen LogP contribution in [0.4, 0.5) is 5.82 Å². The number of carbonyl (C=O) groups is 1. The Labute approximate surface area is 113 Å². The van der Waals surface area contributed by atoms with Gasteiger partial charge in [0.2, 0.25) is 0 Å². The summed E-state index contributed by atoms with van der Waals surface area (Å²) >= 11 is 3.33. The zero-order valence-electron chi connectivity index (χ0n) is 9.76. The van der Waals surface area contributed by atoms with E-state index in [4.69, 9.17) is 0 Å². The number of aromatic nitrogens is 1. The molecule has 98 valence electrons. The van der Waals surface area contributed by atoms with Crippen LogP contribution in [0.25, 0.3) is 0 Å². The van der Waals surface area contributed by atoms with Crippen molar-refractivity contribution >= 4 is 27.7 Å². The largest absolute Gasteiger partial charge is 0.358 e. The molecule has 1 aromatic rings. The van der Waals surface area contributed by atoms with Gasteiger partial charge in [0, 0.05) is 24.0 Å². The van der Waals surface area contributed by atoms with E-state index in [9.17, 15) is 14.9 Å². The van der Waals surface area contributed by atoms with Crippen LogP contribution in [0.15, 0.2) is 12.1 Å². The van der Waals surface area contributed by atoms with Crippen LogP contribution in [0.5, 0.6) is 0 Å². The molecule has 0 aliphatic heterocycles. The lowest BCUT2D eigenvalue weighted by Crippen LogP contribution is -2.45. The second kappa shape index (κ2) is 5.51. The predicted molar refractivity (Wildman–Crippen MR) is 69.9 cm³/mol. The summed E-state index contributed by atoms with van der Waals surface area (Å²) in [6.45, 7) is 0.621. The van der Waals surface area contributed by atoms with E-state index in [1.54, 1.807) is 4.90 Å². The van der Waals surface area contributed by atoms with Gasteiger partial charge < -0.3 is 15.0 Å². The highest BCUT2D eigenvalue weighted by Crippen LogP contribution is 2.26. The summed E-state index contributed by atoms with van der Waals surface area (Å²) in [6, 6.07) is 3.07. The molecule has 6 nitrogen and oxygen atoms in total. The van der Waals surface area contributed by atoms with E-state index in [2.05, 4.69) is 20.9 Å². The molecule has 0 radical (unpaired) electrons. The van der Waals surface area contributed by atoms with Crippen molar-refractivity contribution in [3.8, 4) is 0 Å². The first-order valence-electron chi connectivity index (χ1n) is 5.84. The van der Waals surface area contributed by atoms with Crippen LogP contribution in [0.2, 0.25) is 0 Å². The lowest BCUT2D eigenvalue weighted by Gasteiger charge is -2.36. The molecule has 0 unspecified atom stereocenters. The molecule has 1 aliphatic rings. The molecule has 0 bridgehead atoms. The highest BCUT2D eigenvalue weighted by Gasteiger charge is 2.31. The number of carbonyl (C=O) groups excluding carboxylic acids is 1. The molecule has 0 aromatic carbocycles. The minimum absolute atomic E-state index is 0.147. The van der Waals surface area contributed by atoms with E-state index < -0.39 is 4.92 Å². The van der Waals surface area contributed by atoms with Crippen LogP contribution >= 0.6 is 15.9 Å². The lowest BCUT2D eigenvalue weighted by molar-refractivity contribution is -0.389. The molecular formula is C11H14BrN3O3. The molecule has 0 spiro atoms. The van der Waals surface area contributed by atoms with Crippen LogP contribution in [-0.4, -0.2) is 38.6 Å². The number of hydrogen-bond acceptors (Lipinski definition) is 3. The van der Waals surface area contributed by atoms with Gasteiger partial charge in [-0.1, -0.05) is 15.9 Å². The topological polar surface area (TPSA) is 79.2 Å². The number of nitrogens with zero attached hydrogens (tertiary/aromatic N) is 2. The number of rotatable bonds is 5. The van der Waals surface area contributed by atoms with Crippen LogP contribution in [-0.2, 0) is 0 Å². The first-order valence-corrected chi connectivity index (χ1v) is 6.96. The summed E-state index contributed by atoms with van der Waals surface area (Å²) < 4.78 is 0. The highest BCUT2D eigenvalue weighted by molar-refractivity contribution is 9.09. The standard InChI is InChI=1S/C11H14BrN3O3/c12-6-7-14(8-2-1-3-8)11(16)9-4-5-10(13-9)15(17)18/h4-5,8,13H,1-3,6-7H2. The van der Waals surface area contributed by atoms with E-state index in [0.29, 0.717) is 11.9 Å². The van der Waals surface area contributed by atoms with Gasteiger partial charge in [0.1, 0.15) is 0 Å². The summed E-state index contributed by atoms with van der Waals surface area (Å²) in [5.41, 5.74) is 0.287. The fourth-order valence-electron chi connectivity index (χ4n) is 2.01. The summed E-state index contributed by atoms with van der Waals surface area (Å²) in [5, 5.41) is 11.3. The van der Waals surface area contributed by atoms with E-state index in [1.165, 1.54) is 12.1 Å². The van der Waals surface area contributed by atoms with Crippen LogP contribution in [0, 0.1) is 10.1 Å². The van der Waals surface area contributed by atoms with Gasteiger partial charge in [-0.2, -0.15) is 0 Å². The molecular weight excluding hydrogens is 302 g/mol. The van der Waals surface area contributed by atoms with E-state index in [0.717, 1.165) is 19.3 Å². The number of halogens is 1. The Hall–Kier alpha value is -1.37. The molecule has 1 heterocycles. The van der Waals surface area contributed by atoms with Crippen molar-refractivity contribution in [2.75, 3.05) is 11.9 Å². The lowest BCUT2D eigenvalue weighted by atomic mass is 9.91. The molecule has 1 N–H and O–H groups in total. The Morgan fingerprint density at radius 2 is 2.28 bits per heavy atom. The molecule has 1 saturated carbocycles. The van der Waals surface area contributed by atoms with Crippen molar-refractivity contribution in [3.05, 3.63) is 27.9 Å². The molecule has 1 aliphatic carbocycles. The average molecular weight is 316 g/mol. The number of amides is 1. The normalized spacial score (nSPS) is 15.2. The summed E-state index contributed by atoms with van der Waals surface area (Å²) in [5.74, 6) is -0.307. The molecule has 1 amide bonds. The summed E-state index contributed by atoms with van der Waals surface area (Å²) in [6.07, 6.45) is 3.17. The molecule has 1 fully saturated rings. The van der Waals surface area contributed by atoms with Crippen molar-refractivity contribution in [1.82, 2.24) is 9.88 Å². The maximum Gasteiger partial charge on any atom is 0.321 e. The zero-order chi connectivity index (χ0) is 13.1. The minimum atomic E-state index is -0.533. The van der Waals surface area contributed by atoms with Crippen molar-refractivity contribution in [2.45, 2.75) is 25.3 Å². The maximum absolute atomic E-state index is 12.3. The Kier molecular flexibility index (Phi) is 4.00. The van der Waals surface area contributed by atoms with Gasteiger partial charge in [0.15, 0.2) is 5.69 Å². The van der Waals surface area contributed by atoms with E-state index in [-0.39, 0.29) is 23.5 Å². The predicted octanol–water partition coefficient (Wildman–Crippen LogP) is 2.31. The van der Waals surface area contributed by atoms with Crippen molar-refractivity contribution in [1.29, 1.82) is 0 Å². The van der Waals surface area contributed by atoms with Crippen LogP contribution < -0.4 is 0 Å². The molecule has 18 heavy (non-hydrogen) atoms. The van der Waals surface area contributed by atoms with Gasteiger partial charge in [-0.15, -0.1) is 0 Å². The third kappa shape index (κ3) is 2.55. The number of alkyl halides is 1. The quantitative estimate of drug-likeness (QED) is 0.514. The van der Waals surface area contributed by atoms with Crippen molar-refractivity contribution in [2.24, 2.45) is 0 Å². The number of nitro groups is 1. The van der Waals surface area contributed by atoms with Gasteiger partial charge >= 0.3 is 5.82 Å². The minimum Gasteiger partial charge on any atom is -0.358 e.